The lowest BCUT2D eigenvalue weighted by Gasteiger charge is -2.42. The van der Waals surface area contributed by atoms with E-state index in [-0.39, 0.29) is 25.5 Å². The van der Waals surface area contributed by atoms with Crippen molar-refractivity contribution in [1.29, 1.82) is 0 Å². The molecule has 3 aliphatic rings. The van der Waals surface area contributed by atoms with E-state index < -0.39 is 28.4 Å². The minimum absolute atomic E-state index is 0.000185. The first-order valence-electron chi connectivity index (χ1n) is 10.7. The molecule has 0 aliphatic carbocycles. The van der Waals surface area contributed by atoms with Crippen LogP contribution in [0.1, 0.15) is 28.8 Å². The molecule has 3 N–H and O–H groups in total. The highest BCUT2D eigenvalue weighted by atomic mass is 16.6. The van der Waals surface area contributed by atoms with E-state index in [9.17, 15) is 19.6 Å². The number of carbonyl (C=O) groups excluding carboxylic acids is 3. The largest absolute Gasteiger partial charge is 0.624 e. The van der Waals surface area contributed by atoms with Gasteiger partial charge in [0, 0.05) is 56.8 Å². The first kappa shape index (κ1) is 21.8. The summed E-state index contributed by atoms with van der Waals surface area (Å²) in [5.41, 5.74) is 1.67. The topological polar surface area (TPSA) is 123 Å². The number of imide groups is 1. The number of morpholine rings is 1. The smallest absolute Gasteiger partial charge is 0.347 e. The van der Waals surface area contributed by atoms with Gasteiger partial charge in [-0.25, -0.2) is 4.79 Å². The maximum absolute atomic E-state index is 13.5. The Balaban J connectivity index is 1.45. The normalized spacial score (nSPS) is 29.0. The fraction of sp³-hybridized carbons (Fsp3) is 0.571. The highest BCUT2D eigenvalue weighted by Crippen LogP contribution is 2.37. The van der Waals surface area contributed by atoms with Crippen LogP contribution in [0.3, 0.4) is 0 Å². The Morgan fingerprint density at radius 1 is 1.32 bits per heavy atom. The van der Waals surface area contributed by atoms with Crippen LogP contribution in [0.25, 0.3) is 0 Å². The standard InChI is InChI=1S/C21H29N5O5/c1-22-7-8-25-9-10-31-14(12-25)11-23-17-4-2-3-15-16(17)13-26(30,21(15)29)18-5-6-19(27)24-20(18)28/h2-4,14,18,22-23H,5-13H2,1H3,(H,24,27,28)/t14-,18?,26?/m0/s1. The molecule has 0 radical (unpaired) electrons. The number of piperidine rings is 1. The van der Waals surface area contributed by atoms with Crippen LogP contribution < -0.4 is 16.0 Å². The van der Waals surface area contributed by atoms with Gasteiger partial charge in [-0.05, 0) is 19.2 Å². The molecule has 1 aromatic carbocycles. The van der Waals surface area contributed by atoms with Gasteiger partial charge in [0.1, 0.15) is 6.54 Å². The van der Waals surface area contributed by atoms with E-state index in [1.54, 1.807) is 12.1 Å². The molecule has 2 fully saturated rings. The average Bonchev–Trinajstić information content (AvgIpc) is 3.02. The summed E-state index contributed by atoms with van der Waals surface area (Å²) < 4.78 is 4.60. The van der Waals surface area contributed by atoms with Crippen molar-refractivity contribution in [3.63, 3.8) is 0 Å². The molecule has 1 aromatic rings. The molecule has 2 unspecified atom stereocenters. The van der Waals surface area contributed by atoms with Crippen LogP contribution in [-0.2, 0) is 20.9 Å². The van der Waals surface area contributed by atoms with Crippen molar-refractivity contribution in [2.45, 2.75) is 31.5 Å². The molecular weight excluding hydrogens is 402 g/mol. The van der Waals surface area contributed by atoms with Gasteiger partial charge in [-0.1, -0.05) is 6.07 Å². The van der Waals surface area contributed by atoms with Crippen molar-refractivity contribution >= 4 is 23.4 Å². The number of ether oxygens (including phenoxy) is 1. The number of likely N-dealkylation sites (N-methyl/N-ethyl adjacent to an activating group) is 1. The van der Waals surface area contributed by atoms with Gasteiger partial charge < -0.3 is 20.6 Å². The van der Waals surface area contributed by atoms with Crippen LogP contribution in [0.2, 0.25) is 0 Å². The second kappa shape index (κ2) is 9.01. The van der Waals surface area contributed by atoms with Gasteiger partial charge in [-0.3, -0.25) is 24.5 Å². The van der Waals surface area contributed by atoms with Crippen LogP contribution >= 0.6 is 0 Å². The third-order valence-corrected chi connectivity index (χ3v) is 6.28. The minimum Gasteiger partial charge on any atom is -0.624 e. The van der Waals surface area contributed by atoms with Crippen molar-refractivity contribution in [2.75, 3.05) is 51.7 Å². The fourth-order valence-electron chi connectivity index (χ4n) is 4.57. The van der Waals surface area contributed by atoms with Gasteiger partial charge in [0.05, 0.1) is 18.3 Å². The number of nitrogens with zero attached hydrogens (tertiary/aromatic N) is 2. The third kappa shape index (κ3) is 4.35. The van der Waals surface area contributed by atoms with E-state index in [4.69, 9.17) is 4.74 Å². The molecule has 0 spiro atoms. The number of nitrogens with one attached hydrogen (secondary N) is 3. The molecule has 3 aliphatic heterocycles. The zero-order chi connectivity index (χ0) is 22.0. The zero-order valence-corrected chi connectivity index (χ0v) is 17.7. The highest BCUT2D eigenvalue weighted by Gasteiger charge is 2.50. The molecule has 4 rings (SSSR count). The van der Waals surface area contributed by atoms with Crippen molar-refractivity contribution in [1.82, 2.24) is 15.5 Å². The summed E-state index contributed by atoms with van der Waals surface area (Å²) in [6, 6.07) is 4.10. The SMILES string of the molecule is CNCCN1CCO[C@@H](CNc2cccc3c2C[N+]([O-])(C2CCC(=O)NC2=O)C3=O)C1. The van der Waals surface area contributed by atoms with E-state index >= 15 is 0 Å². The van der Waals surface area contributed by atoms with Crippen LogP contribution in [-0.4, -0.2) is 85.8 Å². The lowest BCUT2D eigenvalue weighted by atomic mass is 10.0. The van der Waals surface area contributed by atoms with Crippen LogP contribution in [0.5, 0.6) is 0 Å². The number of benzene rings is 1. The Morgan fingerprint density at radius 3 is 2.94 bits per heavy atom. The van der Waals surface area contributed by atoms with E-state index in [1.165, 1.54) is 0 Å². The van der Waals surface area contributed by atoms with Gasteiger partial charge in [0.15, 0.2) is 6.04 Å². The number of quaternary nitrogens is 1. The number of hydrogen-bond acceptors (Lipinski definition) is 8. The quantitative estimate of drug-likeness (QED) is 0.308. The molecular formula is C21H29N5O5. The van der Waals surface area contributed by atoms with Crippen molar-refractivity contribution < 1.29 is 23.8 Å². The molecule has 0 aromatic heterocycles. The van der Waals surface area contributed by atoms with Gasteiger partial charge in [0.2, 0.25) is 5.91 Å². The van der Waals surface area contributed by atoms with Gasteiger partial charge >= 0.3 is 5.91 Å². The van der Waals surface area contributed by atoms with Gasteiger partial charge in [0.25, 0.3) is 5.91 Å². The average molecular weight is 431 g/mol. The summed E-state index contributed by atoms with van der Waals surface area (Å²) in [6.07, 6.45) is 0.145. The summed E-state index contributed by atoms with van der Waals surface area (Å²) in [5, 5.41) is 22.2. The molecule has 31 heavy (non-hydrogen) atoms. The number of amides is 3. The molecule has 3 amide bonds. The highest BCUT2D eigenvalue weighted by molar-refractivity contribution is 6.02. The first-order chi connectivity index (χ1) is 14.9. The molecule has 3 atom stereocenters. The van der Waals surface area contributed by atoms with E-state index in [2.05, 4.69) is 20.9 Å². The summed E-state index contributed by atoms with van der Waals surface area (Å²) in [5.74, 6) is -1.70. The third-order valence-electron chi connectivity index (χ3n) is 6.28. The molecule has 0 bridgehead atoms. The number of hydrogen-bond donors (Lipinski definition) is 3. The Kier molecular flexibility index (Phi) is 6.35. The number of anilines is 1. The summed E-state index contributed by atoms with van der Waals surface area (Å²) >= 11 is 0. The number of rotatable bonds is 7. The number of fused-ring (bicyclic) bond motifs is 1. The number of carbonyl (C=O) groups is 3. The minimum atomic E-state index is -1.27. The second-order valence-corrected chi connectivity index (χ2v) is 8.34. The van der Waals surface area contributed by atoms with Crippen molar-refractivity contribution in [3.8, 4) is 0 Å². The fourth-order valence-corrected chi connectivity index (χ4v) is 4.57. The maximum Gasteiger partial charge on any atom is 0.347 e. The second-order valence-electron chi connectivity index (χ2n) is 8.34. The van der Waals surface area contributed by atoms with Crippen molar-refractivity contribution in [2.24, 2.45) is 0 Å². The van der Waals surface area contributed by atoms with E-state index in [0.717, 1.165) is 26.2 Å². The summed E-state index contributed by atoms with van der Waals surface area (Å²) in [7, 11) is 1.93. The van der Waals surface area contributed by atoms with Crippen molar-refractivity contribution in [3.05, 3.63) is 34.5 Å². The molecule has 3 heterocycles. The van der Waals surface area contributed by atoms with Gasteiger partial charge in [-0.15, -0.1) is 0 Å². The molecule has 0 saturated carbocycles. The number of hydroxylamine groups is 3. The van der Waals surface area contributed by atoms with Gasteiger partial charge in [-0.2, -0.15) is 0 Å². The van der Waals surface area contributed by atoms with Crippen LogP contribution in [0.4, 0.5) is 5.69 Å². The maximum atomic E-state index is 13.5. The van der Waals surface area contributed by atoms with E-state index in [0.29, 0.717) is 30.0 Å². The summed E-state index contributed by atoms with van der Waals surface area (Å²) in [4.78, 5) is 39.0. The summed E-state index contributed by atoms with van der Waals surface area (Å²) in [6.45, 7) is 4.67. The molecule has 2 saturated heterocycles. The monoisotopic (exact) mass is 431 g/mol. The first-order valence-corrected chi connectivity index (χ1v) is 10.7. The zero-order valence-electron chi connectivity index (χ0n) is 17.7. The lowest BCUT2D eigenvalue weighted by Crippen LogP contribution is -2.60. The Hall–Kier alpha value is -2.37. The lowest BCUT2D eigenvalue weighted by molar-refractivity contribution is -0.825. The predicted molar refractivity (Wildman–Crippen MR) is 113 cm³/mol. The molecule has 10 heteroatoms. The molecule has 168 valence electrons. The van der Waals surface area contributed by atoms with Crippen LogP contribution in [0.15, 0.2) is 18.2 Å². The predicted octanol–water partition coefficient (Wildman–Crippen LogP) is -0.208. The Labute approximate surface area is 181 Å². The Morgan fingerprint density at radius 2 is 2.16 bits per heavy atom. The molecule has 10 nitrogen and oxygen atoms in total. The van der Waals surface area contributed by atoms with Crippen LogP contribution in [0, 0.1) is 5.21 Å². The Bertz CT molecular complexity index is 878. The van der Waals surface area contributed by atoms with E-state index in [1.807, 2.05) is 13.1 Å².